The van der Waals surface area contributed by atoms with Crippen molar-refractivity contribution >= 4 is 11.9 Å². The van der Waals surface area contributed by atoms with Gasteiger partial charge in [0.1, 0.15) is 0 Å². The highest BCUT2D eigenvalue weighted by Crippen LogP contribution is 2.06. The van der Waals surface area contributed by atoms with Gasteiger partial charge in [0.25, 0.3) is 0 Å². The van der Waals surface area contributed by atoms with Gasteiger partial charge in [0.05, 0.1) is 0 Å². The van der Waals surface area contributed by atoms with Gasteiger partial charge in [-0.05, 0) is 13.3 Å². The molecule has 1 heterocycles. The fourth-order valence-electron chi connectivity index (χ4n) is 0.665. The Bertz CT molecular complexity index is 98.7. The van der Waals surface area contributed by atoms with E-state index in [0.717, 1.165) is 12.3 Å². The fourth-order valence-corrected chi connectivity index (χ4v) is 1.40. The van der Waals surface area contributed by atoms with Gasteiger partial charge in [-0.3, -0.25) is 4.72 Å². The molecule has 0 aromatic heterocycles. The average Bonchev–Trinajstić information content (AvgIpc) is 1.94. The van der Waals surface area contributed by atoms with Crippen LogP contribution in [0.1, 0.15) is 13.3 Å². The lowest BCUT2D eigenvalue weighted by atomic mass is 10.2. The molecule has 0 spiro atoms. The third-order valence-electron chi connectivity index (χ3n) is 1.24. The van der Waals surface area contributed by atoms with E-state index in [4.69, 9.17) is 0 Å². The summed E-state index contributed by atoms with van der Waals surface area (Å²) in [6.45, 7) is 3.32. The summed E-state index contributed by atoms with van der Waals surface area (Å²) in [4.78, 5) is 0. The molecule has 0 unspecified atom stereocenters. The molecule has 0 aromatic carbocycles. The Morgan fingerprint density at radius 2 is 2.62 bits per heavy atom. The highest BCUT2D eigenvalue weighted by Gasteiger charge is 1.94. The Labute approximate surface area is 54.7 Å². The first-order valence-electron chi connectivity index (χ1n) is 2.90. The average molecular weight is 129 g/mol. The first-order chi connectivity index (χ1) is 3.89. The number of rotatable bonds is 0. The number of hydrogen-bond donors (Lipinski definition) is 1. The van der Waals surface area contributed by atoms with Crippen LogP contribution < -0.4 is 4.72 Å². The summed E-state index contributed by atoms with van der Waals surface area (Å²) in [6.07, 6.45) is 3.50. The van der Waals surface area contributed by atoms with E-state index < -0.39 is 0 Å². The monoisotopic (exact) mass is 129 g/mol. The smallest absolute Gasteiger partial charge is 0.0262 e. The topological polar surface area (TPSA) is 12.0 Å². The van der Waals surface area contributed by atoms with Gasteiger partial charge in [-0.2, -0.15) is 0 Å². The third kappa shape index (κ3) is 1.88. The van der Waals surface area contributed by atoms with Crippen LogP contribution in [0.3, 0.4) is 0 Å². The van der Waals surface area contributed by atoms with E-state index in [1.165, 1.54) is 12.0 Å². The molecule has 0 fully saturated rings. The molecule has 1 aliphatic rings. The molecule has 2 heteroatoms. The summed E-state index contributed by atoms with van der Waals surface area (Å²) in [5, 5.41) is 0. The first-order valence-corrected chi connectivity index (χ1v) is 3.88. The third-order valence-corrected chi connectivity index (χ3v) is 1.98. The molecule has 1 aliphatic heterocycles. The molecule has 0 saturated carbocycles. The van der Waals surface area contributed by atoms with Crippen LogP contribution in [0, 0.1) is 0 Å². The van der Waals surface area contributed by atoms with Crippen LogP contribution in [0.25, 0.3) is 0 Å². The van der Waals surface area contributed by atoms with Gasteiger partial charge in [0.2, 0.25) is 0 Å². The Balaban J connectivity index is 2.36. The maximum absolute atomic E-state index is 3.24. The van der Waals surface area contributed by atoms with E-state index in [2.05, 4.69) is 17.7 Å². The maximum Gasteiger partial charge on any atom is 0.0262 e. The summed E-state index contributed by atoms with van der Waals surface area (Å²) in [5.41, 5.74) is 1.52. The Kier molecular flexibility index (Phi) is 2.43. The summed E-state index contributed by atoms with van der Waals surface area (Å²) in [5.74, 6) is 1.13. The van der Waals surface area contributed by atoms with Crippen molar-refractivity contribution < 1.29 is 0 Å². The standard InChI is InChI=1S/C6H11NS/c1-6-2-4-7-8-5-3-6/h3,7H,2,4-5H2,1H3. The fraction of sp³-hybridized carbons (Fsp3) is 0.667. The molecule has 1 nitrogen and oxygen atoms in total. The van der Waals surface area contributed by atoms with Crippen molar-refractivity contribution in [3.8, 4) is 0 Å². The number of nitrogens with one attached hydrogen (secondary N) is 1. The summed E-state index contributed by atoms with van der Waals surface area (Å²) in [6, 6.07) is 0. The SMILES string of the molecule is CC1=CCSNCC1. The normalized spacial score (nSPS) is 21.9. The molecule has 46 valence electrons. The largest absolute Gasteiger partial charge is 0.264 e. The molecule has 0 bridgehead atoms. The molecule has 1 N–H and O–H groups in total. The second-order valence-corrected chi connectivity index (χ2v) is 2.92. The van der Waals surface area contributed by atoms with Gasteiger partial charge in [0, 0.05) is 12.3 Å². The molecule has 0 amide bonds. The van der Waals surface area contributed by atoms with Crippen LogP contribution in [0.5, 0.6) is 0 Å². The molecule has 0 atom stereocenters. The minimum Gasteiger partial charge on any atom is -0.264 e. The molecule has 0 radical (unpaired) electrons. The zero-order chi connectivity index (χ0) is 5.82. The van der Waals surface area contributed by atoms with E-state index in [1.807, 2.05) is 0 Å². The lowest BCUT2D eigenvalue weighted by Crippen LogP contribution is -2.02. The van der Waals surface area contributed by atoms with Gasteiger partial charge in [-0.25, -0.2) is 0 Å². The Hall–Kier alpha value is 0.0500. The number of hydrogen-bond acceptors (Lipinski definition) is 2. The summed E-state index contributed by atoms with van der Waals surface area (Å²) < 4.78 is 3.24. The van der Waals surface area contributed by atoms with E-state index in [-0.39, 0.29) is 0 Å². The molecule has 0 saturated heterocycles. The van der Waals surface area contributed by atoms with Gasteiger partial charge < -0.3 is 0 Å². The molecule has 0 aliphatic carbocycles. The lowest BCUT2D eigenvalue weighted by Gasteiger charge is -1.93. The van der Waals surface area contributed by atoms with Crippen molar-refractivity contribution in [2.75, 3.05) is 12.3 Å². The van der Waals surface area contributed by atoms with Crippen LogP contribution >= 0.6 is 11.9 Å². The van der Waals surface area contributed by atoms with Crippen molar-refractivity contribution in [1.29, 1.82) is 0 Å². The van der Waals surface area contributed by atoms with Crippen molar-refractivity contribution in [3.63, 3.8) is 0 Å². The molecule has 0 aromatic rings. The predicted molar refractivity (Wildman–Crippen MR) is 38.8 cm³/mol. The van der Waals surface area contributed by atoms with Crippen LogP contribution in [-0.4, -0.2) is 12.3 Å². The zero-order valence-corrected chi connectivity index (χ0v) is 5.92. The molecular weight excluding hydrogens is 118 g/mol. The predicted octanol–water partition coefficient (Wildman–Crippen LogP) is 1.57. The zero-order valence-electron chi connectivity index (χ0n) is 5.11. The van der Waals surface area contributed by atoms with E-state index in [1.54, 1.807) is 11.9 Å². The lowest BCUT2D eigenvalue weighted by molar-refractivity contribution is 0.903. The second-order valence-electron chi connectivity index (χ2n) is 2.01. The first kappa shape index (κ1) is 6.17. The van der Waals surface area contributed by atoms with E-state index >= 15 is 0 Å². The highest BCUT2D eigenvalue weighted by atomic mass is 32.2. The van der Waals surface area contributed by atoms with Crippen molar-refractivity contribution in [2.45, 2.75) is 13.3 Å². The van der Waals surface area contributed by atoms with Gasteiger partial charge >= 0.3 is 0 Å². The summed E-state index contributed by atoms with van der Waals surface area (Å²) >= 11 is 1.79. The molecular formula is C6H11NS. The quantitative estimate of drug-likeness (QED) is 0.393. The van der Waals surface area contributed by atoms with Crippen LogP contribution in [0.2, 0.25) is 0 Å². The second kappa shape index (κ2) is 3.15. The van der Waals surface area contributed by atoms with E-state index in [0.29, 0.717) is 0 Å². The maximum atomic E-state index is 3.24. The van der Waals surface area contributed by atoms with Gasteiger partial charge in [-0.15, -0.1) is 0 Å². The van der Waals surface area contributed by atoms with Crippen LogP contribution in [0.15, 0.2) is 11.6 Å². The van der Waals surface area contributed by atoms with Crippen molar-refractivity contribution in [1.82, 2.24) is 4.72 Å². The minimum absolute atomic E-state index is 1.13. The Morgan fingerprint density at radius 1 is 1.75 bits per heavy atom. The summed E-state index contributed by atoms with van der Waals surface area (Å²) in [7, 11) is 0. The molecule has 1 rings (SSSR count). The molecule has 8 heavy (non-hydrogen) atoms. The van der Waals surface area contributed by atoms with E-state index in [9.17, 15) is 0 Å². The van der Waals surface area contributed by atoms with Crippen LogP contribution in [-0.2, 0) is 0 Å². The highest BCUT2D eigenvalue weighted by molar-refractivity contribution is 7.97. The van der Waals surface area contributed by atoms with Gasteiger partial charge in [-0.1, -0.05) is 23.6 Å². The Morgan fingerprint density at radius 3 is 3.50 bits per heavy atom. The van der Waals surface area contributed by atoms with Crippen molar-refractivity contribution in [3.05, 3.63) is 11.6 Å². The van der Waals surface area contributed by atoms with Gasteiger partial charge in [0.15, 0.2) is 0 Å². The van der Waals surface area contributed by atoms with Crippen molar-refractivity contribution in [2.24, 2.45) is 0 Å². The minimum atomic E-state index is 1.13. The van der Waals surface area contributed by atoms with Crippen LogP contribution in [0.4, 0.5) is 0 Å².